The molecule has 0 saturated carbocycles. The van der Waals surface area contributed by atoms with Gasteiger partial charge in [-0.1, -0.05) is 13.8 Å². The number of thiophene rings is 1. The van der Waals surface area contributed by atoms with Gasteiger partial charge in [-0.2, -0.15) is 0 Å². The average Bonchev–Trinajstić information content (AvgIpc) is 2.82. The van der Waals surface area contributed by atoms with Crippen molar-refractivity contribution in [2.24, 2.45) is 0 Å². The molecule has 112 valence electrons. The molecule has 1 aliphatic heterocycles. The van der Waals surface area contributed by atoms with E-state index in [4.69, 9.17) is 0 Å². The van der Waals surface area contributed by atoms with E-state index in [1.165, 1.54) is 23.4 Å². The Morgan fingerprint density at radius 2 is 2.10 bits per heavy atom. The van der Waals surface area contributed by atoms with Gasteiger partial charge in [0.1, 0.15) is 0 Å². The molecule has 1 saturated heterocycles. The Morgan fingerprint density at radius 1 is 1.40 bits per heavy atom. The number of nitrogens with zero attached hydrogens (tertiary/aromatic N) is 1. The number of piperidine rings is 1. The molecule has 1 fully saturated rings. The summed E-state index contributed by atoms with van der Waals surface area (Å²) in [5.41, 5.74) is 2.11. The Labute approximate surface area is 126 Å². The van der Waals surface area contributed by atoms with Crippen molar-refractivity contribution in [1.29, 1.82) is 0 Å². The summed E-state index contributed by atoms with van der Waals surface area (Å²) in [5.74, 6) is 0.125. The van der Waals surface area contributed by atoms with Crippen LogP contribution in [0.2, 0.25) is 0 Å². The molecule has 2 rings (SSSR count). The fourth-order valence-corrected chi connectivity index (χ4v) is 3.93. The zero-order valence-corrected chi connectivity index (χ0v) is 13.7. The predicted octanol–water partition coefficient (Wildman–Crippen LogP) is 3.22. The zero-order chi connectivity index (χ0) is 14.5. The Hall–Kier alpha value is -0.870. The minimum Gasteiger partial charge on any atom is -0.349 e. The third kappa shape index (κ3) is 3.61. The van der Waals surface area contributed by atoms with Crippen LogP contribution >= 0.6 is 11.3 Å². The van der Waals surface area contributed by atoms with Gasteiger partial charge >= 0.3 is 0 Å². The molecule has 1 N–H and O–H groups in total. The molecule has 0 aromatic carbocycles. The van der Waals surface area contributed by atoms with Crippen LogP contribution in [-0.4, -0.2) is 36.5 Å². The zero-order valence-electron chi connectivity index (χ0n) is 12.9. The van der Waals surface area contributed by atoms with E-state index in [9.17, 15) is 4.79 Å². The monoisotopic (exact) mass is 294 g/mol. The van der Waals surface area contributed by atoms with E-state index in [1.807, 2.05) is 5.38 Å². The van der Waals surface area contributed by atoms with E-state index >= 15 is 0 Å². The number of rotatable bonds is 5. The highest BCUT2D eigenvalue weighted by Crippen LogP contribution is 2.22. The van der Waals surface area contributed by atoms with Gasteiger partial charge in [0, 0.05) is 29.4 Å². The van der Waals surface area contributed by atoms with Crippen LogP contribution in [0.15, 0.2) is 5.38 Å². The molecule has 2 heterocycles. The second-order valence-electron chi connectivity index (χ2n) is 5.63. The van der Waals surface area contributed by atoms with Gasteiger partial charge in [0.2, 0.25) is 0 Å². The van der Waals surface area contributed by atoms with Crippen molar-refractivity contribution in [3.8, 4) is 0 Å². The van der Waals surface area contributed by atoms with Gasteiger partial charge in [0.05, 0.1) is 5.56 Å². The van der Waals surface area contributed by atoms with Crippen molar-refractivity contribution in [2.45, 2.75) is 52.5 Å². The third-order valence-corrected chi connectivity index (χ3v) is 5.12. The molecule has 3 nitrogen and oxygen atoms in total. The number of amides is 1. The molecule has 0 spiro atoms. The second-order valence-corrected chi connectivity index (χ2v) is 6.71. The predicted molar refractivity (Wildman–Crippen MR) is 85.7 cm³/mol. The number of carbonyl (C=O) groups excluding carboxylic acids is 1. The maximum Gasteiger partial charge on any atom is 0.252 e. The fraction of sp³-hybridized carbons (Fsp3) is 0.688. The second kappa shape index (κ2) is 7.23. The number of hydrogen-bond donors (Lipinski definition) is 1. The van der Waals surface area contributed by atoms with Crippen LogP contribution in [0.5, 0.6) is 0 Å². The van der Waals surface area contributed by atoms with E-state index in [1.54, 1.807) is 11.3 Å². The molecule has 0 bridgehead atoms. The van der Waals surface area contributed by atoms with E-state index in [0.29, 0.717) is 6.04 Å². The molecule has 0 atom stereocenters. The van der Waals surface area contributed by atoms with Crippen molar-refractivity contribution in [3.05, 3.63) is 21.4 Å². The number of hydrogen-bond acceptors (Lipinski definition) is 3. The molecule has 0 unspecified atom stereocenters. The molecular weight excluding hydrogens is 268 g/mol. The first kappa shape index (κ1) is 15.5. The molecule has 1 aromatic heterocycles. The van der Waals surface area contributed by atoms with Gasteiger partial charge in [-0.15, -0.1) is 11.3 Å². The number of nitrogens with one attached hydrogen (secondary N) is 1. The van der Waals surface area contributed by atoms with Crippen LogP contribution in [-0.2, 0) is 6.42 Å². The number of aryl methyl sites for hydroxylation is 1. The molecule has 1 aliphatic rings. The molecule has 1 amide bonds. The lowest BCUT2D eigenvalue weighted by Crippen LogP contribution is -2.44. The van der Waals surface area contributed by atoms with Gasteiger partial charge in [-0.05, 0) is 44.7 Å². The lowest BCUT2D eigenvalue weighted by molar-refractivity contribution is 0.0910. The van der Waals surface area contributed by atoms with Gasteiger partial charge in [-0.25, -0.2) is 0 Å². The van der Waals surface area contributed by atoms with Crippen molar-refractivity contribution in [1.82, 2.24) is 10.2 Å². The summed E-state index contributed by atoms with van der Waals surface area (Å²) in [4.78, 5) is 16.2. The van der Waals surface area contributed by atoms with Gasteiger partial charge in [-0.3, -0.25) is 4.79 Å². The normalized spacial score (nSPS) is 17.4. The smallest absolute Gasteiger partial charge is 0.252 e. The summed E-state index contributed by atoms with van der Waals surface area (Å²) in [6.07, 6.45) is 4.31. The van der Waals surface area contributed by atoms with Crippen molar-refractivity contribution < 1.29 is 4.79 Å². The fourth-order valence-electron chi connectivity index (χ4n) is 2.99. The lowest BCUT2D eigenvalue weighted by atomic mass is 10.0. The maximum absolute atomic E-state index is 12.4. The van der Waals surface area contributed by atoms with Crippen LogP contribution in [0.1, 0.15) is 53.9 Å². The lowest BCUT2D eigenvalue weighted by Gasteiger charge is -2.32. The van der Waals surface area contributed by atoms with Crippen molar-refractivity contribution >= 4 is 17.2 Å². The van der Waals surface area contributed by atoms with Crippen LogP contribution in [0.3, 0.4) is 0 Å². The van der Waals surface area contributed by atoms with Gasteiger partial charge in [0.25, 0.3) is 5.91 Å². The largest absolute Gasteiger partial charge is 0.349 e. The molecule has 0 aliphatic carbocycles. The molecular formula is C16H26N2OS. The highest BCUT2D eigenvalue weighted by Gasteiger charge is 2.22. The summed E-state index contributed by atoms with van der Waals surface area (Å²) < 4.78 is 0. The van der Waals surface area contributed by atoms with E-state index in [2.05, 4.69) is 31.0 Å². The third-order valence-electron chi connectivity index (χ3n) is 4.16. The number of likely N-dealkylation sites (tertiary alicyclic amines) is 1. The summed E-state index contributed by atoms with van der Waals surface area (Å²) in [6, 6.07) is 0.348. The summed E-state index contributed by atoms with van der Waals surface area (Å²) in [7, 11) is 0. The number of carbonyl (C=O) groups is 1. The summed E-state index contributed by atoms with van der Waals surface area (Å²) >= 11 is 1.68. The Balaban J connectivity index is 1.89. The molecule has 4 heteroatoms. The van der Waals surface area contributed by atoms with Crippen LogP contribution in [0.4, 0.5) is 0 Å². The summed E-state index contributed by atoms with van der Waals surface area (Å²) in [5, 5.41) is 5.24. The maximum atomic E-state index is 12.4. The van der Waals surface area contributed by atoms with Gasteiger partial charge < -0.3 is 10.2 Å². The molecule has 20 heavy (non-hydrogen) atoms. The van der Waals surface area contributed by atoms with Crippen LogP contribution < -0.4 is 5.32 Å². The Morgan fingerprint density at radius 3 is 2.70 bits per heavy atom. The first-order chi connectivity index (χ1) is 9.65. The van der Waals surface area contributed by atoms with Crippen LogP contribution in [0.25, 0.3) is 0 Å². The minimum absolute atomic E-state index is 0.125. The molecule has 1 aromatic rings. The van der Waals surface area contributed by atoms with Crippen LogP contribution in [0, 0.1) is 6.92 Å². The highest BCUT2D eigenvalue weighted by molar-refractivity contribution is 7.10. The topological polar surface area (TPSA) is 32.3 Å². The van der Waals surface area contributed by atoms with Crippen molar-refractivity contribution in [3.63, 3.8) is 0 Å². The molecule has 0 radical (unpaired) electrons. The SMILES string of the molecule is CCCN1CCC(NC(=O)c2csc(C)c2CC)CC1. The van der Waals surface area contributed by atoms with E-state index < -0.39 is 0 Å². The van der Waals surface area contributed by atoms with Gasteiger partial charge in [0.15, 0.2) is 0 Å². The quantitative estimate of drug-likeness (QED) is 0.904. The Kier molecular flexibility index (Phi) is 5.61. The first-order valence-corrected chi connectivity index (χ1v) is 8.63. The van der Waals surface area contributed by atoms with E-state index in [0.717, 1.165) is 37.9 Å². The van der Waals surface area contributed by atoms with Crippen molar-refractivity contribution in [2.75, 3.05) is 19.6 Å². The van der Waals surface area contributed by atoms with E-state index in [-0.39, 0.29) is 5.91 Å². The average molecular weight is 294 g/mol. The summed E-state index contributed by atoms with van der Waals surface area (Å²) in [6.45, 7) is 9.85. The minimum atomic E-state index is 0.125. The highest BCUT2D eigenvalue weighted by atomic mass is 32.1. The Bertz CT molecular complexity index is 447. The first-order valence-electron chi connectivity index (χ1n) is 7.75. The standard InChI is InChI=1S/C16H26N2OS/c1-4-8-18-9-6-13(7-10-18)17-16(19)15-11-20-12(3)14(15)5-2/h11,13H,4-10H2,1-3H3,(H,17,19).